The number of ether oxygens (including phenoxy) is 1. The van der Waals surface area contributed by atoms with Gasteiger partial charge in [-0.1, -0.05) is 11.6 Å². The molecule has 0 aromatic heterocycles. The molecular formula is C11H23NO. The van der Waals surface area contributed by atoms with E-state index < -0.39 is 0 Å². The smallest absolute Gasteiger partial charge is 0.0466 e. The van der Waals surface area contributed by atoms with Gasteiger partial charge < -0.3 is 10.1 Å². The van der Waals surface area contributed by atoms with Gasteiger partial charge in [-0.3, -0.25) is 0 Å². The van der Waals surface area contributed by atoms with Crippen molar-refractivity contribution >= 4 is 0 Å². The van der Waals surface area contributed by atoms with Gasteiger partial charge in [0.2, 0.25) is 0 Å². The minimum absolute atomic E-state index is 0.505. The number of rotatable bonds is 7. The summed E-state index contributed by atoms with van der Waals surface area (Å²) in [5.74, 6) is 0. The van der Waals surface area contributed by atoms with E-state index in [0.29, 0.717) is 6.04 Å². The highest BCUT2D eigenvalue weighted by molar-refractivity contribution is 5.00. The quantitative estimate of drug-likeness (QED) is 0.485. The van der Waals surface area contributed by atoms with Gasteiger partial charge in [0.25, 0.3) is 0 Å². The van der Waals surface area contributed by atoms with Gasteiger partial charge in [0.1, 0.15) is 0 Å². The van der Waals surface area contributed by atoms with Crippen LogP contribution >= 0.6 is 0 Å². The topological polar surface area (TPSA) is 21.3 Å². The Bertz CT molecular complexity index is 139. The summed E-state index contributed by atoms with van der Waals surface area (Å²) in [5, 5.41) is 3.28. The third-order valence-corrected chi connectivity index (χ3v) is 1.91. The summed E-state index contributed by atoms with van der Waals surface area (Å²) in [6.45, 7) is 8.00. The molecule has 1 unspecified atom stereocenters. The lowest BCUT2D eigenvalue weighted by Gasteiger charge is -2.12. The van der Waals surface area contributed by atoms with Crippen LogP contribution in [-0.4, -0.2) is 26.3 Å². The van der Waals surface area contributed by atoms with Gasteiger partial charge in [0, 0.05) is 19.3 Å². The van der Waals surface area contributed by atoms with Gasteiger partial charge in [-0.2, -0.15) is 0 Å². The van der Waals surface area contributed by atoms with E-state index in [1.165, 1.54) is 5.57 Å². The zero-order chi connectivity index (χ0) is 10.1. The van der Waals surface area contributed by atoms with Crippen LogP contribution in [0.2, 0.25) is 0 Å². The maximum atomic E-state index is 5.28. The highest BCUT2D eigenvalue weighted by Crippen LogP contribution is 2.02. The Hall–Kier alpha value is -0.340. The molecule has 13 heavy (non-hydrogen) atoms. The van der Waals surface area contributed by atoms with Crippen LogP contribution in [0.5, 0.6) is 0 Å². The number of allylic oxidation sites excluding steroid dienone is 1. The molecule has 0 rings (SSSR count). The SMILES string of the molecule is CCOCCCC(C=C(C)C)NC. The normalized spacial score (nSPS) is 12.6. The molecule has 2 heteroatoms. The molecule has 2 nitrogen and oxygen atoms in total. The maximum Gasteiger partial charge on any atom is 0.0466 e. The molecule has 0 saturated heterocycles. The first-order valence-corrected chi connectivity index (χ1v) is 5.10. The van der Waals surface area contributed by atoms with Gasteiger partial charge in [0.15, 0.2) is 0 Å². The standard InChI is InChI=1S/C11H23NO/c1-5-13-8-6-7-11(12-4)9-10(2)3/h9,11-12H,5-8H2,1-4H3. The largest absolute Gasteiger partial charge is 0.382 e. The van der Waals surface area contributed by atoms with Crippen LogP contribution < -0.4 is 5.32 Å². The number of hydrogen-bond donors (Lipinski definition) is 1. The van der Waals surface area contributed by atoms with Crippen LogP contribution in [0.25, 0.3) is 0 Å². The lowest BCUT2D eigenvalue weighted by molar-refractivity contribution is 0.142. The van der Waals surface area contributed by atoms with Crippen molar-refractivity contribution in [2.24, 2.45) is 0 Å². The summed E-state index contributed by atoms with van der Waals surface area (Å²) < 4.78 is 5.28. The average molecular weight is 185 g/mol. The van der Waals surface area contributed by atoms with E-state index in [1.807, 2.05) is 14.0 Å². The predicted molar refractivity (Wildman–Crippen MR) is 58.0 cm³/mol. The van der Waals surface area contributed by atoms with Gasteiger partial charge >= 0.3 is 0 Å². The number of nitrogens with one attached hydrogen (secondary N) is 1. The predicted octanol–water partition coefficient (Wildman–Crippen LogP) is 2.36. The minimum atomic E-state index is 0.505. The molecule has 0 aromatic rings. The molecule has 0 saturated carbocycles. The monoisotopic (exact) mass is 185 g/mol. The Balaban J connectivity index is 3.54. The van der Waals surface area contributed by atoms with Crippen molar-refractivity contribution < 1.29 is 4.74 Å². The van der Waals surface area contributed by atoms with E-state index in [0.717, 1.165) is 26.1 Å². The van der Waals surface area contributed by atoms with Gasteiger partial charge in [-0.05, 0) is 40.7 Å². The highest BCUT2D eigenvalue weighted by Gasteiger charge is 2.00. The van der Waals surface area contributed by atoms with Crippen LogP contribution in [0.15, 0.2) is 11.6 Å². The molecule has 0 aliphatic heterocycles. The Labute approximate surface area is 82.4 Å². The fourth-order valence-electron chi connectivity index (χ4n) is 1.26. The van der Waals surface area contributed by atoms with Crippen LogP contribution in [0.3, 0.4) is 0 Å². The summed E-state index contributed by atoms with van der Waals surface area (Å²) >= 11 is 0. The van der Waals surface area contributed by atoms with Crippen molar-refractivity contribution in [1.29, 1.82) is 0 Å². The molecular weight excluding hydrogens is 162 g/mol. The Morgan fingerprint density at radius 2 is 2.15 bits per heavy atom. The highest BCUT2D eigenvalue weighted by atomic mass is 16.5. The van der Waals surface area contributed by atoms with Gasteiger partial charge in [-0.25, -0.2) is 0 Å². The molecule has 0 amide bonds. The zero-order valence-electron chi connectivity index (χ0n) is 9.39. The van der Waals surface area contributed by atoms with Crippen molar-refractivity contribution in [1.82, 2.24) is 5.32 Å². The molecule has 0 radical (unpaired) electrons. The van der Waals surface area contributed by atoms with Crippen molar-refractivity contribution in [2.75, 3.05) is 20.3 Å². The lowest BCUT2D eigenvalue weighted by atomic mass is 10.1. The van der Waals surface area contributed by atoms with Crippen LogP contribution in [0.1, 0.15) is 33.6 Å². The molecule has 0 aliphatic carbocycles. The Kier molecular flexibility index (Phi) is 8.05. The molecule has 78 valence electrons. The third kappa shape index (κ3) is 8.00. The second kappa shape index (κ2) is 8.27. The van der Waals surface area contributed by atoms with E-state index in [2.05, 4.69) is 25.2 Å². The zero-order valence-corrected chi connectivity index (χ0v) is 9.39. The minimum Gasteiger partial charge on any atom is -0.382 e. The lowest BCUT2D eigenvalue weighted by Crippen LogP contribution is -2.23. The number of likely N-dealkylation sites (N-methyl/N-ethyl adjacent to an activating group) is 1. The van der Waals surface area contributed by atoms with E-state index >= 15 is 0 Å². The third-order valence-electron chi connectivity index (χ3n) is 1.91. The molecule has 0 aliphatic rings. The van der Waals surface area contributed by atoms with Crippen molar-refractivity contribution in [3.63, 3.8) is 0 Å². The molecule has 0 bridgehead atoms. The van der Waals surface area contributed by atoms with E-state index in [-0.39, 0.29) is 0 Å². The van der Waals surface area contributed by atoms with E-state index in [4.69, 9.17) is 4.74 Å². The van der Waals surface area contributed by atoms with Crippen LogP contribution in [0.4, 0.5) is 0 Å². The molecule has 0 aromatic carbocycles. The van der Waals surface area contributed by atoms with Crippen LogP contribution in [-0.2, 0) is 4.74 Å². The maximum absolute atomic E-state index is 5.28. The second-order valence-corrected chi connectivity index (χ2v) is 3.48. The summed E-state index contributed by atoms with van der Waals surface area (Å²) in [5.41, 5.74) is 1.37. The number of hydrogen-bond acceptors (Lipinski definition) is 2. The second-order valence-electron chi connectivity index (χ2n) is 3.48. The molecule has 0 heterocycles. The first-order chi connectivity index (χ1) is 6.20. The summed E-state index contributed by atoms with van der Waals surface area (Å²) in [7, 11) is 2.00. The van der Waals surface area contributed by atoms with Crippen molar-refractivity contribution in [3.05, 3.63) is 11.6 Å². The van der Waals surface area contributed by atoms with Crippen LogP contribution in [0, 0.1) is 0 Å². The van der Waals surface area contributed by atoms with E-state index in [1.54, 1.807) is 0 Å². The first kappa shape index (κ1) is 12.7. The van der Waals surface area contributed by atoms with Crippen molar-refractivity contribution in [3.8, 4) is 0 Å². The molecule has 0 spiro atoms. The van der Waals surface area contributed by atoms with Gasteiger partial charge in [-0.15, -0.1) is 0 Å². The molecule has 0 fully saturated rings. The molecule has 1 N–H and O–H groups in total. The summed E-state index contributed by atoms with van der Waals surface area (Å²) in [4.78, 5) is 0. The van der Waals surface area contributed by atoms with E-state index in [9.17, 15) is 0 Å². The Morgan fingerprint density at radius 1 is 1.46 bits per heavy atom. The summed E-state index contributed by atoms with van der Waals surface area (Å²) in [6, 6.07) is 0.505. The first-order valence-electron chi connectivity index (χ1n) is 5.10. The van der Waals surface area contributed by atoms with Crippen molar-refractivity contribution in [2.45, 2.75) is 39.7 Å². The summed E-state index contributed by atoms with van der Waals surface area (Å²) in [6.07, 6.45) is 4.55. The average Bonchev–Trinajstić information content (AvgIpc) is 2.09. The fourth-order valence-corrected chi connectivity index (χ4v) is 1.26. The Morgan fingerprint density at radius 3 is 2.62 bits per heavy atom. The van der Waals surface area contributed by atoms with Gasteiger partial charge in [0.05, 0.1) is 0 Å². The molecule has 1 atom stereocenters. The fraction of sp³-hybridized carbons (Fsp3) is 0.818.